The molecule has 0 radical (unpaired) electrons. The maximum atomic E-state index is 14.0. The summed E-state index contributed by atoms with van der Waals surface area (Å²) < 4.78 is 42.1. The maximum Gasteiger partial charge on any atom is 0.434 e. The van der Waals surface area contributed by atoms with Gasteiger partial charge in [0.05, 0.1) is 11.1 Å². The first-order valence-corrected chi connectivity index (χ1v) is 9.05. The van der Waals surface area contributed by atoms with Crippen molar-refractivity contribution in [1.82, 2.24) is 4.98 Å². The van der Waals surface area contributed by atoms with Gasteiger partial charge in [0, 0.05) is 22.1 Å². The molecule has 148 valence electrons. The zero-order chi connectivity index (χ0) is 21.3. The standard InChI is InChI=1S/C24H14F3NO2/c25-24(26,27)23-21(22(30)16-8-2-1-3-9-16)20(17-10-6-7-15(13-17)14-29)18-11-4-5-12-19(18)28-23/h1-14H. The van der Waals surface area contributed by atoms with E-state index in [2.05, 4.69) is 4.98 Å². The molecule has 30 heavy (non-hydrogen) atoms. The van der Waals surface area contributed by atoms with Crippen molar-refractivity contribution in [1.29, 1.82) is 0 Å². The molecule has 0 unspecified atom stereocenters. The van der Waals surface area contributed by atoms with Crippen LogP contribution in [0.3, 0.4) is 0 Å². The zero-order valence-electron chi connectivity index (χ0n) is 15.5. The lowest BCUT2D eigenvalue weighted by atomic mass is 9.89. The van der Waals surface area contributed by atoms with E-state index in [1.165, 1.54) is 24.3 Å². The van der Waals surface area contributed by atoms with E-state index in [9.17, 15) is 22.8 Å². The van der Waals surface area contributed by atoms with Gasteiger partial charge in [-0.1, -0.05) is 66.7 Å². The molecule has 0 N–H and O–H groups in total. The Morgan fingerprint density at radius 1 is 0.867 bits per heavy atom. The molecule has 4 rings (SSSR count). The lowest BCUT2D eigenvalue weighted by molar-refractivity contribution is -0.141. The first-order chi connectivity index (χ1) is 14.4. The van der Waals surface area contributed by atoms with E-state index in [4.69, 9.17) is 0 Å². The van der Waals surface area contributed by atoms with Crippen LogP contribution >= 0.6 is 0 Å². The van der Waals surface area contributed by atoms with Gasteiger partial charge < -0.3 is 0 Å². The predicted octanol–water partition coefficient (Wildman–Crippen LogP) is 5.96. The minimum atomic E-state index is -4.85. The van der Waals surface area contributed by atoms with Gasteiger partial charge in [0.2, 0.25) is 0 Å². The fourth-order valence-corrected chi connectivity index (χ4v) is 3.44. The summed E-state index contributed by atoms with van der Waals surface area (Å²) in [6.45, 7) is 0. The second-order valence-corrected chi connectivity index (χ2v) is 6.66. The van der Waals surface area contributed by atoms with Gasteiger partial charge in [0.15, 0.2) is 11.5 Å². The van der Waals surface area contributed by atoms with Gasteiger partial charge >= 0.3 is 6.18 Å². The number of hydrogen-bond donors (Lipinski definition) is 0. The maximum absolute atomic E-state index is 14.0. The summed E-state index contributed by atoms with van der Waals surface area (Å²) in [5.74, 6) is -0.785. The highest BCUT2D eigenvalue weighted by Crippen LogP contribution is 2.40. The third-order valence-corrected chi connectivity index (χ3v) is 4.74. The molecule has 0 aliphatic heterocycles. The van der Waals surface area contributed by atoms with Gasteiger partial charge in [-0.05, 0) is 17.7 Å². The molecular formula is C24H14F3NO2. The Hall–Kier alpha value is -3.80. The number of ketones is 1. The Morgan fingerprint density at radius 3 is 2.27 bits per heavy atom. The number of nitrogens with zero attached hydrogens (tertiary/aromatic N) is 1. The predicted molar refractivity (Wildman–Crippen MR) is 107 cm³/mol. The molecule has 3 nitrogen and oxygen atoms in total. The smallest absolute Gasteiger partial charge is 0.298 e. The molecule has 6 heteroatoms. The minimum absolute atomic E-state index is 0.102. The lowest BCUT2D eigenvalue weighted by Gasteiger charge is -2.18. The Morgan fingerprint density at radius 2 is 1.57 bits per heavy atom. The van der Waals surface area contributed by atoms with Gasteiger partial charge in [-0.25, -0.2) is 4.98 Å². The molecule has 0 bridgehead atoms. The van der Waals surface area contributed by atoms with E-state index in [0.717, 1.165) is 0 Å². The van der Waals surface area contributed by atoms with Crippen LogP contribution in [-0.4, -0.2) is 17.1 Å². The topological polar surface area (TPSA) is 47.0 Å². The number of pyridine rings is 1. The number of fused-ring (bicyclic) bond motifs is 1. The Labute approximate surface area is 169 Å². The molecule has 0 amide bonds. The van der Waals surface area contributed by atoms with Gasteiger partial charge in [0.25, 0.3) is 0 Å². The monoisotopic (exact) mass is 405 g/mol. The van der Waals surface area contributed by atoms with Crippen molar-refractivity contribution in [2.45, 2.75) is 6.18 Å². The van der Waals surface area contributed by atoms with E-state index in [1.807, 2.05) is 0 Å². The van der Waals surface area contributed by atoms with Crippen molar-refractivity contribution in [3.63, 3.8) is 0 Å². The van der Waals surface area contributed by atoms with Gasteiger partial charge in [-0.15, -0.1) is 0 Å². The number of aldehydes is 1. The van der Waals surface area contributed by atoms with Crippen LogP contribution in [0.15, 0.2) is 78.9 Å². The number of carbonyl (C=O) groups is 2. The fraction of sp³-hybridized carbons (Fsp3) is 0.0417. The van der Waals surface area contributed by atoms with Gasteiger partial charge in [-0.2, -0.15) is 13.2 Å². The second-order valence-electron chi connectivity index (χ2n) is 6.66. The third-order valence-electron chi connectivity index (χ3n) is 4.74. The number of alkyl halides is 3. The van der Waals surface area contributed by atoms with E-state index in [-0.39, 0.29) is 16.6 Å². The SMILES string of the molecule is O=Cc1cccc(-c2c(C(=O)c3ccccc3)c(C(F)(F)F)nc3ccccc23)c1. The highest BCUT2D eigenvalue weighted by atomic mass is 19.4. The average Bonchev–Trinajstić information content (AvgIpc) is 2.77. The molecule has 0 atom stereocenters. The molecule has 1 heterocycles. The van der Waals surface area contributed by atoms with Crippen molar-refractivity contribution >= 4 is 23.0 Å². The highest BCUT2D eigenvalue weighted by Gasteiger charge is 2.40. The van der Waals surface area contributed by atoms with E-state index in [0.29, 0.717) is 22.8 Å². The number of rotatable bonds is 4. The summed E-state index contributed by atoms with van der Waals surface area (Å²) in [7, 11) is 0. The van der Waals surface area contributed by atoms with E-state index >= 15 is 0 Å². The van der Waals surface area contributed by atoms with E-state index in [1.54, 1.807) is 54.6 Å². The molecule has 0 aliphatic carbocycles. The van der Waals surface area contributed by atoms with Gasteiger partial charge in [0.1, 0.15) is 6.29 Å². The van der Waals surface area contributed by atoms with E-state index < -0.39 is 23.2 Å². The molecule has 0 saturated heterocycles. The molecule has 0 fully saturated rings. The summed E-state index contributed by atoms with van der Waals surface area (Å²) in [5, 5.41) is 0.396. The number of carbonyl (C=O) groups excluding carboxylic acids is 2. The van der Waals surface area contributed by atoms with Crippen LogP contribution in [0.5, 0.6) is 0 Å². The normalized spacial score (nSPS) is 11.4. The van der Waals surface area contributed by atoms with Crippen LogP contribution in [0.4, 0.5) is 13.2 Å². The van der Waals surface area contributed by atoms with Crippen LogP contribution in [0, 0.1) is 0 Å². The largest absolute Gasteiger partial charge is 0.434 e. The Balaban J connectivity index is 2.16. The van der Waals surface area contributed by atoms with Crippen LogP contribution < -0.4 is 0 Å². The van der Waals surface area contributed by atoms with Crippen molar-refractivity contribution in [3.8, 4) is 11.1 Å². The van der Waals surface area contributed by atoms with Crippen molar-refractivity contribution in [2.75, 3.05) is 0 Å². The van der Waals surface area contributed by atoms with Crippen molar-refractivity contribution in [3.05, 3.63) is 101 Å². The number of aromatic nitrogens is 1. The molecule has 0 spiro atoms. The van der Waals surface area contributed by atoms with Crippen LogP contribution in [-0.2, 0) is 6.18 Å². The molecule has 1 aromatic heterocycles. The summed E-state index contributed by atoms with van der Waals surface area (Å²) in [6, 6.07) is 20.3. The van der Waals surface area contributed by atoms with Crippen molar-refractivity contribution < 1.29 is 22.8 Å². The first kappa shape index (κ1) is 19.5. The Bertz CT molecular complexity index is 1260. The number of benzene rings is 3. The summed E-state index contributed by atoms with van der Waals surface area (Å²) >= 11 is 0. The summed E-state index contributed by atoms with van der Waals surface area (Å²) in [6.07, 6.45) is -4.24. The first-order valence-electron chi connectivity index (χ1n) is 9.05. The lowest BCUT2D eigenvalue weighted by Crippen LogP contribution is -2.18. The zero-order valence-corrected chi connectivity index (χ0v) is 15.5. The minimum Gasteiger partial charge on any atom is -0.298 e. The highest BCUT2D eigenvalue weighted by molar-refractivity contribution is 6.17. The van der Waals surface area contributed by atoms with Gasteiger partial charge in [-0.3, -0.25) is 9.59 Å². The third kappa shape index (κ3) is 3.48. The molecule has 3 aromatic carbocycles. The van der Waals surface area contributed by atoms with Crippen LogP contribution in [0.1, 0.15) is 32.0 Å². The number of hydrogen-bond acceptors (Lipinski definition) is 3. The molecule has 0 saturated carbocycles. The summed E-state index contributed by atoms with van der Waals surface area (Å²) in [4.78, 5) is 28.4. The van der Waals surface area contributed by atoms with Crippen molar-refractivity contribution in [2.24, 2.45) is 0 Å². The quantitative estimate of drug-likeness (QED) is 0.311. The molecular weight excluding hydrogens is 391 g/mol. The number of halogens is 3. The fourth-order valence-electron chi connectivity index (χ4n) is 3.44. The van der Waals surface area contributed by atoms with Crippen LogP contribution in [0.25, 0.3) is 22.0 Å². The number of para-hydroxylation sites is 1. The molecule has 4 aromatic rings. The molecule has 0 aliphatic rings. The average molecular weight is 405 g/mol. The summed E-state index contributed by atoms with van der Waals surface area (Å²) in [5.41, 5.74) is -0.820. The van der Waals surface area contributed by atoms with Crippen LogP contribution in [0.2, 0.25) is 0 Å². The Kier molecular flexibility index (Phi) is 4.91. The second kappa shape index (κ2) is 7.55.